The van der Waals surface area contributed by atoms with Crippen LogP contribution in [0.2, 0.25) is 5.02 Å². The number of amides is 2. The van der Waals surface area contributed by atoms with Crippen molar-refractivity contribution in [3.8, 4) is 17.2 Å². The van der Waals surface area contributed by atoms with E-state index in [9.17, 15) is 9.59 Å². The van der Waals surface area contributed by atoms with Crippen LogP contribution in [0, 0.1) is 0 Å². The fourth-order valence-corrected chi connectivity index (χ4v) is 4.20. The van der Waals surface area contributed by atoms with Crippen molar-refractivity contribution in [2.45, 2.75) is 38.8 Å². The number of halogens is 1. The van der Waals surface area contributed by atoms with Gasteiger partial charge in [-0.25, -0.2) is 0 Å². The van der Waals surface area contributed by atoms with Gasteiger partial charge in [-0.15, -0.1) is 0 Å². The molecule has 0 bridgehead atoms. The standard InChI is InChI=1S/C30H35ClN2O5/c1-4-5-14-32-30(35)28(16-22-10-7-6-8-11-22)33(20-23-12-9-13-24(31)15-23)29(34)21-38-27-18-25(36-2)17-26(19-27)37-3/h6-13,15,17-19,28H,4-5,14,16,20-21H2,1-3H3,(H,32,35)/t28-/m1/s1. The quantitative estimate of drug-likeness (QED) is 0.282. The van der Waals surface area contributed by atoms with Gasteiger partial charge in [-0.3, -0.25) is 9.59 Å². The first-order valence-corrected chi connectivity index (χ1v) is 13.0. The third kappa shape index (κ3) is 8.70. The second-order valence-corrected chi connectivity index (χ2v) is 9.28. The molecule has 0 aromatic heterocycles. The van der Waals surface area contributed by atoms with Gasteiger partial charge < -0.3 is 24.4 Å². The smallest absolute Gasteiger partial charge is 0.261 e. The summed E-state index contributed by atoms with van der Waals surface area (Å²) in [5.41, 5.74) is 1.76. The molecule has 8 heteroatoms. The second kappa shape index (κ2) is 14.9. The van der Waals surface area contributed by atoms with Crippen LogP contribution in [-0.4, -0.2) is 50.1 Å². The lowest BCUT2D eigenvalue weighted by Gasteiger charge is -2.31. The highest BCUT2D eigenvalue weighted by molar-refractivity contribution is 6.30. The highest BCUT2D eigenvalue weighted by Crippen LogP contribution is 2.27. The van der Waals surface area contributed by atoms with E-state index in [2.05, 4.69) is 12.2 Å². The number of methoxy groups -OCH3 is 2. The average molecular weight is 539 g/mol. The molecule has 0 spiro atoms. The average Bonchev–Trinajstić information content (AvgIpc) is 2.94. The Hall–Kier alpha value is -3.71. The van der Waals surface area contributed by atoms with E-state index in [0.29, 0.717) is 35.2 Å². The summed E-state index contributed by atoms with van der Waals surface area (Å²) in [5, 5.41) is 3.56. The van der Waals surface area contributed by atoms with Gasteiger partial charge >= 0.3 is 0 Å². The Morgan fingerprint density at radius 3 is 2.18 bits per heavy atom. The second-order valence-electron chi connectivity index (χ2n) is 8.84. The van der Waals surface area contributed by atoms with Crippen LogP contribution in [0.4, 0.5) is 0 Å². The van der Waals surface area contributed by atoms with Crippen LogP contribution in [0.5, 0.6) is 17.2 Å². The van der Waals surface area contributed by atoms with Crippen molar-refractivity contribution in [3.63, 3.8) is 0 Å². The Morgan fingerprint density at radius 2 is 1.55 bits per heavy atom. The minimum atomic E-state index is -0.746. The van der Waals surface area contributed by atoms with Gasteiger partial charge in [0.1, 0.15) is 23.3 Å². The van der Waals surface area contributed by atoms with Crippen molar-refractivity contribution < 1.29 is 23.8 Å². The summed E-state index contributed by atoms with van der Waals surface area (Å²) < 4.78 is 16.5. The van der Waals surface area contributed by atoms with Gasteiger partial charge in [0, 0.05) is 42.7 Å². The van der Waals surface area contributed by atoms with Crippen LogP contribution < -0.4 is 19.5 Å². The lowest BCUT2D eigenvalue weighted by atomic mass is 10.0. The topological polar surface area (TPSA) is 77.1 Å². The van der Waals surface area contributed by atoms with Gasteiger partial charge in [-0.05, 0) is 29.7 Å². The molecule has 3 rings (SSSR count). The van der Waals surface area contributed by atoms with Crippen LogP contribution in [0.1, 0.15) is 30.9 Å². The summed E-state index contributed by atoms with van der Waals surface area (Å²) in [4.78, 5) is 28.7. The Balaban J connectivity index is 1.90. The van der Waals surface area contributed by atoms with Gasteiger partial charge in [0.15, 0.2) is 6.61 Å². The first kappa shape index (κ1) is 28.9. The molecule has 0 aliphatic rings. The molecule has 3 aromatic carbocycles. The van der Waals surface area contributed by atoms with Gasteiger partial charge in [-0.1, -0.05) is 67.4 Å². The summed E-state index contributed by atoms with van der Waals surface area (Å²) in [7, 11) is 3.09. The lowest BCUT2D eigenvalue weighted by Crippen LogP contribution is -2.51. The van der Waals surface area contributed by atoms with Crippen molar-refractivity contribution in [2.24, 2.45) is 0 Å². The Kier molecular flexibility index (Phi) is 11.3. The van der Waals surface area contributed by atoms with Gasteiger partial charge in [-0.2, -0.15) is 0 Å². The maximum absolute atomic E-state index is 13.7. The summed E-state index contributed by atoms with van der Waals surface area (Å²) in [6.07, 6.45) is 2.16. The molecule has 0 aliphatic carbocycles. The first-order chi connectivity index (χ1) is 18.4. The molecule has 3 aromatic rings. The number of hydrogen-bond acceptors (Lipinski definition) is 5. The molecule has 7 nitrogen and oxygen atoms in total. The molecular weight excluding hydrogens is 504 g/mol. The number of nitrogens with zero attached hydrogens (tertiary/aromatic N) is 1. The number of benzene rings is 3. The van der Waals surface area contributed by atoms with Gasteiger partial charge in [0.2, 0.25) is 5.91 Å². The summed E-state index contributed by atoms with van der Waals surface area (Å²) in [6.45, 7) is 2.53. The lowest BCUT2D eigenvalue weighted by molar-refractivity contribution is -0.142. The highest BCUT2D eigenvalue weighted by Gasteiger charge is 2.30. The summed E-state index contributed by atoms with van der Waals surface area (Å²) in [5.74, 6) is 0.961. The number of nitrogens with one attached hydrogen (secondary N) is 1. The van der Waals surface area contributed by atoms with E-state index in [1.807, 2.05) is 42.5 Å². The van der Waals surface area contributed by atoms with Crippen LogP contribution in [0.15, 0.2) is 72.8 Å². The fourth-order valence-electron chi connectivity index (χ4n) is 3.98. The van der Waals surface area contributed by atoms with Crippen LogP contribution >= 0.6 is 11.6 Å². The third-order valence-corrected chi connectivity index (χ3v) is 6.26. The first-order valence-electron chi connectivity index (χ1n) is 12.6. The van der Waals surface area contributed by atoms with Crippen molar-refractivity contribution in [1.29, 1.82) is 0 Å². The molecule has 202 valence electrons. The maximum Gasteiger partial charge on any atom is 0.261 e. The van der Waals surface area contributed by atoms with E-state index in [-0.39, 0.29) is 25.0 Å². The zero-order chi connectivity index (χ0) is 27.3. The Morgan fingerprint density at radius 1 is 0.895 bits per heavy atom. The Labute approximate surface area is 229 Å². The predicted octanol–water partition coefficient (Wildman–Crippen LogP) is 5.29. The monoisotopic (exact) mass is 538 g/mol. The van der Waals surface area contributed by atoms with E-state index in [4.69, 9.17) is 25.8 Å². The molecule has 1 atom stereocenters. The van der Waals surface area contributed by atoms with E-state index in [1.165, 1.54) is 0 Å². The van der Waals surface area contributed by atoms with Gasteiger partial charge in [0.25, 0.3) is 5.91 Å². The van der Waals surface area contributed by atoms with Crippen LogP contribution in [0.3, 0.4) is 0 Å². The third-order valence-electron chi connectivity index (χ3n) is 6.03. The van der Waals surface area contributed by atoms with E-state index >= 15 is 0 Å². The number of unbranched alkanes of at least 4 members (excludes halogenated alkanes) is 1. The van der Waals surface area contributed by atoms with Crippen molar-refractivity contribution in [3.05, 3.63) is 88.9 Å². The molecule has 0 radical (unpaired) electrons. The van der Waals surface area contributed by atoms with Crippen LogP contribution in [-0.2, 0) is 22.6 Å². The molecule has 0 fully saturated rings. The number of carbonyl (C=O) groups is 2. The van der Waals surface area contributed by atoms with Crippen molar-refractivity contribution in [2.75, 3.05) is 27.4 Å². The molecule has 2 amide bonds. The van der Waals surface area contributed by atoms with E-state index < -0.39 is 6.04 Å². The fraction of sp³-hybridized carbons (Fsp3) is 0.333. The van der Waals surface area contributed by atoms with Crippen molar-refractivity contribution in [1.82, 2.24) is 10.2 Å². The number of ether oxygens (including phenoxy) is 3. The highest BCUT2D eigenvalue weighted by atomic mass is 35.5. The van der Waals surface area contributed by atoms with E-state index in [0.717, 1.165) is 24.0 Å². The largest absolute Gasteiger partial charge is 0.496 e. The molecule has 1 N–H and O–H groups in total. The molecule has 38 heavy (non-hydrogen) atoms. The van der Waals surface area contributed by atoms with E-state index in [1.54, 1.807) is 49.5 Å². The normalized spacial score (nSPS) is 11.4. The van der Waals surface area contributed by atoms with Gasteiger partial charge in [0.05, 0.1) is 14.2 Å². The number of carbonyl (C=O) groups excluding carboxylic acids is 2. The Bertz CT molecular complexity index is 1170. The summed E-state index contributed by atoms with van der Waals surface area (Å²) in [6, 6.07) is 21.3. The zero-order valence-electron chi connectivity index (χ0n) is 22.1. The number of hydrogen-bond donors (Lipinski definition) is 1. The summed E-state index contributed by atoms with van der Waals surface area (Å²) >= 11 is 6.23. The maximum atomic E-state index is 13.7. The zero-order valence-corrected chi connectivity index (χ0v) is 22.9. The SMILES string of the molecule is CCCCNC(=O)[C@@H](Cc1ccccc1)N(Cc1cccc(Cl)c1)C(=O)COc1cc(OC)cc(OC)c1. The molecule has 0 unspecified atom stereocenters. The molecule has 0 heterocycles. The minimum Gasteiger partial charge on any atom is -0.496 e. The van der Waals surface area contributed by atoms with Crippen LogP contribution in [0.25, 0.3) is 0 Å². The minimum absolute atomic E-state index is 0.197. The number of rotatable bonds is 14. The molecular formula is C30H35ClN2O5. The molecule has 0 aliphatic heterocycles. The molecule has 0 saturated heterocycles. The van der Waals surface area contributed by atoms with Crippen molar-refractivity contribution >= 4 is 23.4 Å². The molecule has 0 saturated carbocycles. The predicted molar refractivity (Wildman–Crippen MR) is 149 cm³/mol.